The lowest BCUT2D eigenvalue weighted by Gasteiger charge is -2.32. The van der Waals surface area contributed by atoms with Gasteiger partial charge in [0, 0.05) is 81.6 Å². The monoisotopic (exact) mass is 616 g/mol. The number of halogens is 1. The molecule has 0 N–H and O–H groups in total. The highest BCUT2D eigenvalue weighted by Crippen LogP contribution is 2.22. The Bertz CT molecular complexity index is 1730. The van der Waals surface area contributed by atoms with E-state index in [2.05, 4.69) is 47.2 Å². The molecule has 2 aliphatic heterocycles. The summed E-state index contributed by atoms with van der Waals surface area (Å²) >= 11 is 0. The molecule has 0 bridgehead atoms. The highest BCUT2D eigenvalue weighted by Gasteiger charge is 2.25. The van der Waals surface area contributed by atoms with Gasteiger partial charge in [-0.3, -0.25) is 9.48 Å². The number of morpholine rings is 1. The van der Waals surface area contributed by atoms with Gasteiger partial charge in [-0.25, -0.2) is 24.6 Å². The minimum absolute atomic E-state index is 0. The van der Waals surface area contributed by atoms with Crippen molar-refractivity contribution in [2.24, 2.45) is 7.05 Å². The van der Waals surface area contributed by atoms with Gasteiger partial charge >= 0.3 is 0 Å². The van der Waals surface area contributed by atoms with Crippen LogP contribution in [0, 0.1) is 0 Å². The Morgan fingerprint density at radius 1 is 0.909 bits per heavy atom. The third kappa shape index (κ3) is 6.09. The van der Waals surface area contributed by atoms with E-state index in [0.717, 1.165) is 42.9 Å². The van der Waals surface area contributed by atoms with Crippen LogP contribution in [-0.2, 0) is 18.3 Å². The van der Waals surface area contributed by atoms with E-state index >= 15 is 0 Å². The lowest BCUT2D eigenvalue weighted by Crippen LogP contribution is -2.47. The first-order chi connectivity index (χ1) is 21.0. The minimum Gasteiger partial charge on any atom is -0.373 e. The van der Waals surface area contributed by atoms with Crippen LogP contribution in [0.5, 0.6) is 0 Å². The highest BCUT2D eigenvalue weighted by molar-refractivity contribution is 5.94. The molecule has 1 amide bonds. The molecule has 7 rings (SSSR count). The van der Waals surface area contributed by atoms with Gasteiger partial charge in [-0.15, -0.1) is 17.5 Å². The maximum absolute atomic E-state index is 12.9. The normalized spacial score (nSPS) is 17.5. The number of amides is 1. The molecule has 44 heavy (non-hydrogen) atoms. The molecule has 228 valence electrons. The van der Waals surface area contributed by atoms with Gasteiger partial charge in [0.15, 0.2) is 5.65 Å². The smallest absolute Gasteiger partial charge is 0.253 e. The molecule has 0 unspecified atom stereocenters. The highest BCUT2D eigenvalue weighted by atomic mass is 35.5. The predicted molar refractivity (Wildman–Crippen MR) is 165 cm³/mol. The van der Waals surface area contributed by atoms with Crippen molar-refractivity contribution in [3.63, 3.8) is 0 Å². The maximum atomic E-state index is 12.9. The average molecular weight is 617 g/mol. The van der Waals surface area contributed by atoms with Crippen LogP contribution >= 0.6 is 12.4 Å². The van der Waals surface area contributed by atoms with Crippen LogP contribution in [0.2, 0.25) is 0 Å². The van der Waals surface area contributed by atoms with Crippen molar-refractivity contribution < 1.29 is 9.53 Å². The van der Waals surface area contributed by atoms with Crippen LogP contribution in [0.1, 0.15) is 10.4 Å². The second-order valence-corrected chi connectivity index (χ2v) is 11.0. The molecule has 2 fully saturated rings. The fraction of sp³-hybridized carbons (Fsp3) is 0.379. The molecule has 4 aromatic heterocycles. The molecular formula is C29H33ClN12O2. The van der Waals surface area contributed by atoms with Crippen molar-refractivity contribution in [1.29, 1.82) is 0 Å². The third-order valence-corrected chi connectivity index (χ3v) is 7.92. The molecule has 2 saturated heterocycles. The zero-order chi connectivity index (χ0) is 29.3. The number of piperazine rings is 1. The maximum Gasteiger partial charge on any atom is 0.253 e. The molecule has 15 heteroatoms. The summed E-state index contributed by atoms with van der Waals surface area (Å²) < 4.78 is 9.52. The molecule has 1 aromatic carbocycles. The predicted octanol–water partition coefficient (Wildman–Crippen LogP) is 1.79. The van der Waals surface area contributed by atoms with Gasteiger partial charge in [0.1, 0.15) is 0 Å². The number of hydrogen-bond acceptors (Lipinski definition) is 11. The number of anilines is 1. The van der Waals surface area contributed by atoms with Gasteiger partial charge in [-0.2, -0.15) is 5.10 Å². The Morgan fingerprint density at radius 2 is 1.68 bits per heavy atom. The summed E-state index contributed by atoms with van der Waals surface area (Å²) in [4.78, 5) is 37.6. The third-order valence-electron chi connectivity index (χ3n) is 7.92. The largest absolute Gasteiger partial charge is 0.373 e. The van der Waals surface area contributed by atoms with Crippen molar-refractivity contribution in [1.82, 2.24) is 54.5 Å². The molecule has 5 aromatic rings. The quantitative estimate of drug-likeness (QED) is 0.276. The first-order valence-corrected chi connectivity index (χ1v) is 14.3. The molecule has 0 aliphatic carbocycles. The summed E-state index contributed by atoms with van der Waals surface area (Å²) in [5, 5.41) is 12.7. The van der Waals surface area contributed by atoms with E-state index in [-0.39, 0.29) is 24.4 Å². The molecule has 14 nitrogen and oxygen atoms in total. The SMILES string of the molecule is CN1CCN(C(=O)c2ccc(-c3cnc(N4CCO[C@H](Cn5nnc6ncc(-c7cnn(C)c7)nc65)C4)nc3)cc2)CC1.Cl. The Labute approximate surface area is 260 Å². The van der Waals surface area contributed by atoms with Crippen molar-refractivity contribution >= 4 is 35.6 Å². The zero-order valence-electron chi connectivity index (χ0n) is 24.5. The summed E-state index contributed by atoms with van der Waals surface area (Å²) in [5.41, 5.74) is 5.22. The second kappa shape index (κ2) is 12.6. The topological polar surface area (TPSA) is 136 Å². The van der Waals surface area contributed by atoms with E-state index in [1.807, 2.05) is 54.8 Å². The van der Waals surface area contributed by atoms with Crippen LogP contribution < -0.4 is 4.90 Å². The summed E-state index contributed by atoms with van der Waals surface area (Å²) in [6.07, 6.45) is 8.82. The first kappa shape index (κ1) is 29.5. The lowest BCUT2D eigenvalue weighted by atomic mass is 10.1. The van der Waals surface area contributed by atoms with Gasteiger partial charge in [-0.05, 0) is 24.7 Å². The number of fused-ring (bicyclic) bond motifs is 1. The molecule has 0 radical (unpaired) electrons. The van der Waals surface area contributed by atoms with Crippen molar-refractivity contribution in [2.45, 2.75) is 12.6 Å². The van der Waals surface area contributed by atoms with E-state index in [9.17, 15) is 4.79 Å². The summed E-state index contributed by atoms with van der Waals surface area (Å²) in [6.45, 7) is 5.60. The minimum atomic E-state index is -0.156. The number of ether oxygens (including phenoxy) is 1. The number of aryl methyl sites for hydroxylation is 1. The Morgan fingerprint density at radius 3 is 2.41 bits per heavy atom. The summed E-state index contributed by atoms with van der Waals surface area (Å²) in [5.74, 6) is 0.717. The van der Waals surface area contributed by atoms with Crippen LogP contribution in [0.4, 0.5) is 5.95 Å². The number of nitrogens with zero attached hydrogens (tertiary/aromatic N) is 12. The second-order valence-electron chi connectivity index (χ2n) is 11.0. The number of rotatable bonds is 6. The Kier molecular flexibility index (Phi) is 8.46. The van der Waals surface area contributed by atoms with Gasteiger partial charge in [-0.1, -0.05) is 17.3 Å². The van der Waals surface area contributed by atoms with Crippen LogP contribution in [0.3, 0.4) is 0 Å². The number of carbonyl (C=O) groups is 1. The van der Waals surface area contributed by atoms with Gasteiger partial charge in [0.25, 0.3) is 5.91 Å². The van der Waals surface area contributed by atoms with Gasteiger partial charge < -0.3 is 19.4 Å². The average Bonchev–Trinajstić information content (AvgIpc) is 3.67. The Hall–Kier alpha value is -4.53. The van der Waals surface area contributed by atoms with E-state index in [1.54, 1.807) is 21.8 Å². The first-order valence-electron chi connectivity index (χ1n) is 14.3. The number of hydrogen-bond donors (Lipinski definition) is 0. The van der Waals surface area contributed by atoms with E-state index < -0.39 is 0 Å². The van der Waals surface area contributed by atoms with Crippen LogP contribution in [-0.4, -0.2) is 119 Å². The Balaban J connectivity index is 0.00000343. The molecule has 0 spiro atoms. The van der Waals surface area contributed by atoms with E-state index in [1.165, 1.54) is 0 Å². The van der Waals surface area contributed by atoms with Gasteiger partial charge in [0.2, 0.25) is 11.6 Å². The van der Waals surface area contributed by atoms with Crippen LogP contribution in [0.15, 0.2) is 55.2 Å². The summed E-state index contributed by atoms with van der Waals surface area (Å²) in [7, 11) is 3.94. The standard InChI is InChI=1S/C29H32N12O2.ClH/c1-37-7-9-39(10-8-37)28(42)21-5-3-20(4-6-21)22-13-31-29(32-14-22)40-11-12-43-24(18-40)19-41-27-26(35-36-41)30-16-25(34-27)23-15-33-38(2)17-23;/h3-6,13-17,24H,7-12,18-19H2,1-2H3;1H/t24-;/m0./s1. The lowest BCUT2D eigenvalue weighted by molar-refractivity contribution is 0.0273. The number of aromatic nitrogens is 9. The van der Waals surface area contributed by atoms with Crippen molar-refractivity contribution in [2.75, 3.05) is 57.8 Å². The number of benzene rings is 1. The molecule has 0 saturated carbocycles. The molecule has 6 heterocycles. The molecule has 1 atom stereocenters. The van der Waals surface area contributed by atoms with E-state index in [4.69, 9.17) is 9.72 Å². The molecule has 2 aliphatic rings. The van der Waals surface area contributed by atoms with E-state index in [0.29, 0.717) is 54.7 Å². The fourth-order valence-electron chi connectivity index (χ4n) is 5.41. The van der Waals surface area contributed by atoms with Crippen molar-refractivity contribution in [3.8, 4) is 22.4 Å². The zero-order valence-corrected chi connectivity index (χ0v) is 25.3. The molecular weight excluding hydrogens is 584 g/mol. The number of likely N-dealkylation sites (N-methyl/N-ethyl adjacent to an activating group) is 1. The van der Waals surface area contributed by atoms with Gasteiger partial charge in [0.05, 0.1) is 37.3 Å². The number of carbonyl (C=O) groups excluding carboxylic acids is 1. The summed E-state index contributed by atoms with van der Waals surface area (Å²) in [6, 6.07) is 7.68. The fourth-order valence-corrected chi connectivity index (χ4v) is 5.41. The van der Waals surface area contributed by atoms with Crippen molar-refractivity contribution in [3.05, 3.63) is 60.8 Å². The van der Waals surface area contributed by atoms with Crippen LogP contribution in [0.25, 0.3) is 33.7 Å².